The van der Waals surface area contributed by atoms with Crippen molar-refractivity contribution in [3.63, 3.8) is 0 Å². The number of carbonyl (C=O) groups is 1. The highest BCUT2D eigenvalue weighted by Crippen LogP contribution is 2.26. The standard InChI is InChI=1S/C23H23FIN5O3/c1-12-14(3-6-17-20(12)30(25)23(32)13(2)26-17)9-29-10-16(11-29)33-19-8-7-18(28-21(19)24)22(31)27-15-4-5-15/h3,6-8,15-16H,4-5,9-11H2,1-2H3,(H,27,31). The molecule has 3 aromatic rings. The number of nitrogens with zero attached hydrogens (tertiary/aromatic N) is 4. The summed E-state index contributed by atoms with van der Waals surface area (Å²) >= 11 is 2.03. The number of pyridine rings is 1. The summed E-state index contributed by atoms with van der Waals surface area (Å²) in [5.41, 5.74) is 4.19. The summed E-state index contributed by atoms with van der Waals surface area (Å²) in [6.45, 7) is 5.70. The maximum atomic E-state index is 14.4. The Bertz CT molecular complexity index is 1320. The maximum Gasteiger partial charge on any atom is 0.281 e. The van der Waals surface area contributed by atoms with Gasteiger partial charge in [-0.05, 0) is 56.0 Å². The third kappa shape index (κ3) is 4.45. The molecule has 172 valence electrons. The monoisotopic (exact) mass is 563 g/mol. The molecule has 0 atom stereocenters. The third-order valence-corrected chi connectivity index (χ3v) is 6.99. The topological polar surface area (TPSA) is 89.3 Å². The summed E-state index contributed by atoms with van der Waals surface area (Å²) in [6, 6.07) is 7.12. The Kier molecular flexibility index (Phi) is 5.81. The molecule has 2 aliphatic rings. The number of rotatable bonds is 6. The zero-order chi connectivity index (χ0) is 23.3. The van der Waals surface area contributed by atoms with Crippen LogP contribution in [0.1, 0.15) is 40.2 Å². The van der Waals surface area contributed by atoms with E-state index in [9.17, 15) is 14.0 Å². The van der Waals surface area contributed by atoms with E-state index >= 15 is 0 Å². The summed E-state index contributed by atoms with van der Waals surface area (Å²) in [5.74, 6) is -1.07. The summed E-state index contributed by atoms with van der Waals surface area (Å²) in [4.78, 5) is 34.7. The van der Waals surface area contributed by atoms with Gasteiger partial charge in [-0.25, -0.2) is 12.7 Å². The highest BCUT2D eigenvalue weighted by atomic mass is 127. The molecular formula is C23H23FIN5O3. The molecule has 1 aliphatic carbocycles. The van der Waals surface area contributed by atoms with Gasteiger partial charge < -0.3 is 10.1 Å². The molecule has 1 saturated carbocycles. The molecule has 0 unspecified atom stereocenters. The normalized spacial score (nSPS) is 16.6. The first kappa shape index (κ1) is 22.2. The Labute approximate surface area is 203 Å². The smallest absolute Gasteiger partial charge is 0.281 e. The molecule has 1 aliphatic heterocycles. The lowest BCUT2D eigenvalue weighted by Crippen LogP contribution is -2.53. The van der Waals surface area contributed by atoms with Crippen LogP contribution >= 0.6 is 22.9 Å². The Morgan fingerprint density at radius 3 is 2.67 bits per heavy atom. The lowest BCUT2D eigenvalue weighted by atomic mass is 10.0. The van der Waals surface area contributed by atoms with E-state index in [4.69, 9.17) is 4.74 Å². The molecule has 2 fully saturated rings. The van der Waals surface area contributed by atoms with Crippen LogP contribution in [-0.2, 0) is 6.54 Å². The van der Waals surface area contributed by atoms with E-state index in [0.29, 0.717) is 25.3 Å². The number of ether oxygens (including phenoxy) is 1. The number of hydrogen-bond acceptors (Lipinski definition) is 6. The first-order chi connectivity index (χ1) is 15.8. The van der Waals surface area contributed by atoms with Crippen molar-refractivity contribution in [2.75, 3.05) is 13.1 Å². The van der Waals surface area contributed by atoms with Gasteiger partial charge in [0.2, 0.25) is 0 Å². The van der Waals surface area contributed by atoms with Crippen LogP contribution in [0.25, 0.3) is 11.0 Å². The number of likely N-dealkylation sites (tertiary alicyclic amines) is 1. The van der Waals surface area contributed by atoms with E-state index < -0.39 is 5.95 Å². The van der Waals surface area contributed by atoms with Crippen molar-refractivity contribution < 1.29 is 13.9 Å². The van der Waals surface area contributed by atoms with Gasteiger partial charge in [0.05, 0.1) is 33.9 Å². The van der Waals surface area contributed by atoms with E-state index in [1.807, 2.05) is 41.9 Å². The van der Waals surface area contributed by atoms with Crippen LogP contribution in [0.3, 0.4) is 0 Å². The molecule has 5 rings (SSSR count). The molecule has 33 heavy (non-hydrogen) atoms. The van der Waals surface area contributed by atoms with E-state index in [1.165, 1.54) is 12.1 Å². The van der Waals surface area contributed by atoms with Crippen LogP contribution in [0.4, 0.5) is 4.39 Å². The Morgan fingerprint density at radius 1 is 1.21 bits per heavy atom. The predicted octanol–water partition coefficient (Wildman–Crippen LogP) is 2.90. The second-order valence-electron chi connectivity index (χ2n) is 8.67. The van der Waals surface area contributed by atoms with E-state index in [-0.39, 0.29) is 35.1 Å². The fourth-order valence-electron chi connectivity index (χ4n) is 3.98. The number of amides is 1. The minimum absolute atomic E-state index is 0.0554. The van der Waals surface area contributed by atoms with Gasteiger partial charge >= 0.3 is 0 Å². The lowest BCUT2D eigenvalue weighted by Gasteiger charge is -2.39. The number of halogens is 2. The number of nitrogens with one attached hydrogen (secondary N) is 1. The van der Waals surface area contributed by atoms with Gasteiger partial charge in [0.1, 0.15) is 17.5 Å². The first-order valence-corrected chi connectivity index (χ1v) is 11.8. The third-order valence-electron chi connectivity index (χ3n) is 6.07. The quantitative estimate of drug-likeness (QED) is 0.367. The SMILES string of the molecule is Cc1nc2ccc(CN3CC(Oc4ccc(C(=O)NC5CC5)nc4F)C3)c(C)c2n(I)c1=O. The first-order valence-electron chi connectivity index (χ1n) is 10.8. The van der Waals surface area contributed by atoms with Gasteiger partial charge in [0, 0.05) is 25.7 Å². The summed E-state index contributed by atoms with van der Waals surface area (Å²) < 4.78 is 21.7. The van der Waals surface area contributed by atoms with Crippen molar-refractivity contribution >= 4 is 39.8 Å². The highest BCUT2D eigenvalue weighted by molar-refractivity contribution is 14.1. The zero-order valence-electron chi connectivity index (χ0n) is 18.3. The number of benzene rings is 1. The summed E-state index contributed by atoms with van der Waals surface area (Å²) in [7, 11) is 0. The molecule has 0 spiro atoms. The average molecular weight is 563 g/mol. The Morgan fingerprint density at radius 2 is 1.97 bits per heavy atom. The molecule has 0 radical (unpaired) electrons. The Balaban J connectivity index is 1.22. The van der Waals surface area contributed by atoms with Crippen LogP contribution in [0.5, 0.6) is 5.75 Å². The van der Waals surface area contributed by atoms with Crippen LogP contribution < -0.4 is 15.6 Å². The van der Waals surface area contributed by atoms with Gasteiger partial charge in [0.25, 0.3) is 17.4 Å². The molecule has 2 aromatic heterocycles. The van der Waals surface area contributed by atoms with Crippen molar-refractivity contribution in [3.8, 4) is 5.75 Å². The summed E-state index contributed by atoms with van der Waals surface area (Å²) in [6.07, 6.45) is 1.77. The molecule has 1 amide bonds. The van der Waals surface area contributed by atoms with Crippen molar-refractivity contribution in [1.29, 1.82) is 0 Å². The number of aryl methyl sites for hydroxylation is 2. The van der Waals surface area contributed by atoms with Crippen LogP contribution in [-0.4, -0.2) is 48.8 Å². The number of aromatic nitrogens is 3. The largest absolute Gasteiger partial charge is 0.483 e. The molecule has 3 heterocycles. The van der Waals surface area contributed by atoms with Gasteiger partial charge in [-0.15, -0.1) is 0 Å². The van der Waals surface area contributed by atoms with Crippen molar-refractivity contribution in [1.82, 2.24) is 23.0 Å². The molecule has 10 heteroatoms. The fraction of sp³-hybridized carbons (Fsp3) is 0.391. The number of hydrogen-bond donors (Lipinski definition) is 1. The predicted molar refractivity (Wildman–Crippen MR) is 129 cm³/mol. The molecule has 1 aromatic carbocycles. The van der Waals surface area contributed by atoms with Crippen LogP contribution in [0.2, 0.25) is 0 Å². The van der Waals surface area contributed by atoms with Gasteiger partial charge in [-0.3, -0.25) is 14.5 Å². The van der Waals surface area contributed by atoms with Crippen molar-refractivity contribution in [3.05, 3.63) is 63.1 Å². The van der Waals surface area contributed by atoms with Gasteiger partial charge in [0.15, 0.2) is 5.75 Å². The highest BCUT2D eigenvalue weighted by Gasteiger charge is 2.30. The van der Waals surface area contributed by atoms with Gasteiger partial charge in [-0.2, -0.15) is 4.39 Å². The molecule has 1 saturated heterocycles. The van der Waals surface area contributed by atoms with Crippen molar-refractivity contribution in [2.24, 2.45) is 0 Å². The zero-order valence-corrected chi connectivity index (χ0v) is 20.4. The maximum absolute atomic E-state index is 14.4. The Hall–Kier alpha value is -2.60. The fourth-order valence-corrected chi connectivity index (χ4v) is 4.94. The second-order valence-corrected chi connectivity index (χ2v) is 9.63. The van der Waals surface area contributed by atoms with E-state index in [2.05, 4.69) is 20.2 Å². The lowest BCUT2D eigenvalue weighted by molar-refractivity contribution is 0.0117. The number of carbonyl (C=O) groups excluding carboxylic acids is 1. The van der Waals surface area contributed by atoms with Crippen molar-refractivity contribution in [2.45, 2.75) is 45.4 Å². The van der Waals surface area contributed by atoms with Gasteiger partial charge in [-0.1, -0.05) is 6.07 Å². The molecule has 0 bridgehead atoms. The number of fused-ring (bicyclic) bond motifs is 1. The molecule has 1 N–H and O–H groups in total. The second kappa shape index (κ2) is 8.64. The molecular weight excluding hydrogens is 540 g/mol. The average Bonchev–Trinajstić information content (AvgIpc) is 3.57. The van der Waals surface area contributed by atoms with E-state index in [1.54, 1.807) is 9.70 Å². The molecule has 8 nitrogen and oxygen atoms in total. The van der Waals surface area contributed by atoms with Crippen LogP contribution in [0.15, 0.2) is 29.1 Å². The van der Waals surface area contributed by atoms with Crippen LogP contribution in [0, 0.1) is 19.8 Å². The summed E-state index contributed by atoms with van der Waals surface area (Å²) in [5, 5.41) is 2.79. The minimum Gasteiger partial charge on any atom is -0.483 e. The van der Waals surface area contributed by atoms with E-state index in [0.717, 1.165) is 35.0 Å². The minimum atomic E-state index is -0.773.